The fraction of sp³-hybridized carbons (Fsp3) is 0.519. The van der Waals surface area contributed by atoms with Gasteiger partial charge < -0.3 is 15.0 Å². The lowest BCUT2D eigenvalue weighted by Gasteiger charge is -2.31. The van der Waals surface area contributed by atoms with Gasteiger partial charge in [0.1, 0.15) is 6.33 Å². The fourth-order valence-electron chi connectivity index (χ4n) is 6.28. The van der Waals surface area contributed by atoms with Crippen molar-refractivity contribution >= 4 is 23.1 Å². The van der Waals surface area contributed by atoms with Crippen molar-refractivity contribution in [2.45, 2.75) is 56.9 Å². The van der Waals surface area contributed by atoms with Crippen LogP contribution in [-0.2, 0) is 4.79 Å². The van der Waals surface area contributed by atoms with Gasteiger partial charge in [-0.1, -0.05) is 6.08 Å². The van der Waals surface area contributed by atoms with Crippen molar-refractivity contribution in [2.24, 2.45) is 11.8 Å². The Balaban J connectivity index is 1.12. The molecule has 186 valence electrons. The third kappa shape index (κ3) is 3.72. The minimum Gasteiger partial charge on any atom is -0.480 e. The molecule has 0 radical (unpaired) electrons. The van der Waals surface area contributed by atoms with Gasteiger partial charge in [-0.2, -0.15) is 10.1 Å². The molecular weight excluding hydrogens is 454 g/mol. The monoisotopic (exact) mass is 485 g/mol. The molecule has 1 saturated heterocycles. The number of aromatic nitrogens is 5. The molecule has 3 aromatic rings. The second-order valence-corrected chi connectivity index (χ2v) is 10.6. The zero-order valence-electron chi connectivity index (χ0n) is 20.6. The van der Waals surface area contributed by atoms with Gasteiger partial charge in [0.2, 0.25) is 17.7 Å². The second kappa shape index (κ2) is 8.57. The van der Waals surface area contributed by atoms with E-state index >= 15 is 0 Å². The zero-order chi connectivity index (χ0) is 24.2. The average Bonchev–Trinajstić information content (AvgIpc) is 3.27. The Labute approximate surface area is 210 Å². The number of nitrogens with zero attached hydrogens (tertiary/aromatic N) is 6. The van der Waals surface area contributed by atoms with E-state index in [-0.39, 0.29) is 12.0 Å². The summed E-state index contributed by atoms with van der Waals surface area (Å²) in [5.74, 6) is 2.70. The van der Waals surface area contributed by atoms with Crippen LogP contribution in [0.2, 0.25) is 0 Å². The summed E-state index contributed by atoms with van der Waals surface area (Å²) >= 11 is 0. The molecule has 1 unspecified atom stereocenters. The first kappa shape index (κ1) is 21.8. The fourth-order valence-corrected chi connectivity index (χ4v) is 6.28. The Morgan fingerprint density at radius 1 is 1.11 bits per heavy atom. The van der Waals surface area contributed by atoms with Crippen LogP contribution in [-0.4, -0.2) is 61.6 Å². The van der Waals surface area contributed by atoms with E-state index in [4.69, 9.17) is 14.7 Å². The number of anilines is 1. The Morgan fingerprint density at radius 2 is 1.94 bits per heavy atom. The number of fused-ring (bicyclic) bond motifs is 4. The highest BCUT2D eigenvalue weighted by Gasteiger charge is 2.45. The quantitative estimate of drug-likeness (QED) is 0.589. The van der Waals surface area contributed by atoms with E-state index in [0.717, 1.165) is 86.1 Å². The predicted molar refractivity (Wildman–Crippen MR) is 135 cm³/mol. The van der Waals surface area contributed by atoms with E-state index in [1.165, 1.54) is 0 Å². The number of ether oxygens (including phenoxy) is 1. The predicted octanol–water partition coefficient (Wildman–Crippen LogP) is 3.67. The Morgan fingerprint density at radius 3 is 2.75 bits per heavy atom. The first-order chi connectivity index (χ1) is 17.7. The van der Waals surface area contributed by atoms with Crippen LogP contribution in [0.1, 0.15) is 67.7 Å². The molecule has 9 heteroatoms. The van der Waals surface area contributed by atoms with E-state index in [2.05, 4.69) is 32.4 Å². The Hall–Kier alpha value is -3.49. The van der Waals surface area contributed by atoms with Crippen LogP contribution in [0.15, 0.2) is 30.7 Å². The number of hydrogen-bond donors (Lipinski definition) is 1. The summed E-state index contributed by atoms with van der Waals surface area (Å²) in [5.41, 5.74) is 5.04. The normalized spacial score (nSPS) is 26.8. The largest absolute Gasteiger partial charge is 0.480 e. The SMILES string of the molecule is COc1nc(NC2CCC(C(=O)N3CCCC3)CC2)nc2c1C(c1ccc3ncnn3c1)=C[C@@H]1CC21. The molecule has 1 amide bonds. The maximum Gasteiger partial charge on any atom is 0.226 e. The third-order valence-electron chi connectivity index (χ3n) is 8.35. The molecule has 3 fully saturated rings. The number of methoxy groups -OCH3 is 1. The number of hydrogen-bond acceptors (Lipinski definition) is 7. The van der Waals surface area contributed by atoms with Gasteiger partial charge >= 0.3 is 0 Å². The van der Waals surface area contributed by atoms with Crippen LogP contribution in [0, 0.1) is 11.8 Å². The molecule has 3 aliphatic carbocycles. The smallest absolute Gasteiger partial charge is 0.226 e. The van der Waals surface area contributed by atoms with Crippen LogP contribution in [0.4, 0.5) is 5.95 Å². The standard InChI is InChI=1S/C27H31N7O2/c1-36-25-23-20(17-6-9-22-28-15-29-34(22)14-17)12-18-13-21(18)24(23)31-27(32-25)30-19-7-4-16(5-8-19)26(35)33-10-2-3-11-33/h6,9,12,14-16,18-19,21H,2-5,7-8,10-11,13H2,1H3,(H,30,31,32)/t16?,18-,19?,21?/m1/s1. The molecule has 2 atom stereocenters. The van der Waals surface area contributed by atoms with E-state index < -0.39 is 0 Å². The molecule has 36 heavy (non-hydrogen) atoms. The highest BCUT2D eigenvalue weighted by atomic mass is 16.5. The van der Waals surface area contributed by atoms with E-state index in [0.29, 0.717) is 29.6 Å². The average molecular weight is 486 g/mol. The van der Waals surface area contributed by atoms with Crippen molar-refractivity contribution in [1.82, 2.24) is 29.5 Å². The number of allylic oxidation sites excluding steroid dienone is 1. The number of rotatable bonds is 5. The maximum absolute atomic E-state index is 12.8. The topological polar surface area (TPSA) is 97.5 Å². The lowest BCUT2D eigenvalue weighted by Crippen LogP contribution is -2.37. The third-order valence-corrected chi connectivity index (χ3v) is 8.35. The van der Waals surface area contributed by atoms with Crippen LogP contribution >= 0.6 is 0 Å². The van der Waals surface area contributed by atoms with E-state index in [1.807, 2.05) is 12.3 Å². The summed E-state index contributed by atoms with van der Waals surface area (Å²) < 4.78 is 7.62. The van der Waals surface area contributed by atoms with Gasteiger partial charge in [-0.05, 0) is 68.6 Å². The summed E-state index contributed by atoms with van der Waals surface area (Å²) in [6.07, 6.45) is 13.1. The zero-order valence-corrected chi connectivity index (χ0v) is 20.6. The number of amides is 1. The number of carbonyl (C=O) groups is 1. The van der Waals surface area contributed by atoms with Crippen LogP contribution in [0.5, 0.6) is 5.88 Å². The van der Waals surface area contributed by atoms with Gasteiger partial charge in [0.05, 0.1) is 18.4 Å². The molecule has 2 saturated carbocycles. The van der Waals surface area contributed by atoms with E-state index in [1.54, 1.807) is 18.0 Å². The van der Waals surface area contributed by atoms with Crippen molar-refractivity contribution in [1.29, 1.82) is 0 Å². The van der Waals surface area contributed by atoms with Gasteiger partial charge in [0, 0.05) is 42.7 Å². The van der Waals surface area contributed by atoms with Crippen molar-refractivity contribution in [2.75, 3.05) is 25.5 Å². The Bertz CT molecular complexity index is 1350. The van der Waals surface area contributed by atoms with Crippen molar-refractivity contribution in [3.63, 3.8) is 0 Å². The lowest BCUT2D eigenvalue weighted by molar-refractivity contribution is -0.135. The van der Waals surface area contributed by atoms with E-state index in [9.17, 15) is 4.79 Å². The minimum atomic E-state index is 0.169. The summed E-state index contributed by atoms with van der Waals surface area (Å²) in [4.78, 5) is 29.0. The molecule has 4 aliphatic rings. The molecule has 1 aliphatic heterocycles. The summed E-state index contributed by atoms with van der Waals surface area (Å²) in [6, 6.07) is 4.34. The highest BCUT2D eigenvalue weighted by molar-refractivity contribution is 5.86. The van der Waals surface area contributed by atoms with Gasteiger partial charge in [-0.15, -0.1) is 0 Å². The molecule has 1 N–H and O–H groups in total. The van der Waals surface area contributed by atoms with Gasteiger partial charge in [-0.25, -0.2) is 14.5 Å². The summed E-state index contributed by atoms with van der Waals surface area (Å²) in [7, 11) is 1.68. The van der Waals surface area contributed by atoms with Crippen molar-refractivity contribution in [3.8, 4) is 5.88 Å². The summed E-state index contributed by atoms with van der Waals surface area (Å²) in [6.45, 7) is 1.87. The number of carbonyl (C=O) groups excluding carboxylic acids is 1. The Kier molecular flexibility index (Phi) is 5.18. The highest BCUT2D eigenvalue weighted by Crippen LogP contribution is 2.56. The molecule has 0 aromatic carbocycles. The molecule has 0 bridgehead atoms. The van der Waals surface area contributed by atoms with Gasteiger partial charge in [-0.3, -0.25) is 4.79 Å². The molecule has 7 rings (SSSR count). The lowest BCUT2D eigenvalue weighted by atomic mass is 9.85. The number of pyridine rings is 1. The number of nitrogens with one attached hydrogen (secondary N) is 1. The van der Waals surface area contributed by atoms with Crippen molar-refractivity contribution < 1.29 is 9.53 Å². The van der Waals surface area contributed by atoms with Gasteiger partial charge in [0.15, 0.2) is 5.65 Å². The molecular formula is C27H31N7O2. The summed E-state index contributed by atoms with van der Waals surface area (Å²) in [5, 5.41) is 7.88. The first-order valence-corrected chi connectivity index (χ1v) is 13.2. The molecule has 0 spiro atoms. The molecule has 9 nitrogen and oxygen atoms in total. The van der Waals surface area contributed by atoms with Crippen LogP contribution in [0.25, 0.3) is 11.2 Å². The second-order valence-electron chi connectivity index (χ2n) is 10.6. The van der Waals surface area contributed by atoms with Crippen molar-refractivity contribution in [3.05, 3.63) is 47.6 Å². The van der Waals surface area contributed by atoms with Crippen LogP contribution < -0.4 is 10.1 Å². The maximum atomic E-state index is 12.8. The van der Waals surface area contributed by atoms with Crippen LogP contribution in [0.3, 0.4) is 0 Å². The number of likely N-dealkylation sites (tertiary alicyclic amines) is 1. The molecule has 4 heterocycles. The van der Waals surface area contributed by atoms with Gasteiger partial charge in [0.25, 0.3) is 0 Å². The first-order valence-electron chi connectivity index (χ1n) is 13.2. The minimum absolute atomic E-state index is 0.169. The molecule has 3 aromatic heterocycles.